The number of rotatable bonds is 7. The average Bonchev–Trinajstić information content (AvgIpc) is 3.74. The molecule has 3 aliphatic rings. The number of ether oxygens (including phenoxy) is 1. The van der Waals surface area contributed by atoms with Crippen molar-refractivity contribution >= 4 is 95.9 Å². The smallest absolute Gasteiger partial charge is 0.353 e. The molecule has 1 aliphatic heterocycles. The van der Waals surface area contributed by atoms with Gasteiger partial charge in [0.1, 0.15) is 17.2 Å². The second-order valence-electron chi connectivity index (χ2n) is 10.3. The van der Waals surface area contributed by atoms with Crippen LogP contribution in [0.3, 0.4) is 0 Å². The van der Waals surface area contributed by atoms with E-state index in [1.807, 2.05) is 0 Å². The molecule has 42 heavy (non-hydrogen) atoms. The molecule has 2 saturated carbocycles. The summed E-state index contributed by atoms with van der Waals surface area (Å²) in [6.45, 7) is -0.603. The molecule has 3 fully saturated rings. The Labute approximate surface area is 271 Å². The molecule has 1 saturated heterocycles. The summed E-state index contributed by atoms with van der Waals surface area (Å²) in [5, 5.41) is 3.79. The maximum Gasteiger partial charge on any atom is 0.353 e. The van der Waals surface area contributed by atoms with Crippen molar-refractivity contribution in [3.05, 3.63) is 86.0 Å². The molecule has 0 N–H and O–H groups in total. The number of hydrogen-bond acceptors (Lipinski definition) is 7. The molecule has 216 valence electrons. The summed E-state index contributed by atoms with van der Waals surface area (Å²) < 4.78 is 5.35. The second kappa shape index (κ2) is 11.5. The largest absolute Gasteiger partial charge is 0.422 e. The molecule has 0 unspecified atom stereocenters. The number of benzene rings is 2. The van der Waals surface area contributed by atoms with Gasteiger partial charge in [0.2, 0.25) is 0 Å². The highest BCUT2D eigenvalue weighted by atomic mass is 79.9. The fourth-order valence-corrected chi connectivity index (χ4v) is 9.06. The molecule has 13 heteroatoms. The number of alkyl halides is 2. The highest BCUT2D eigenvalue weighted by molar-refractivity contribution is 9.12. The molecule has 1 aromatic heterocycles. The Morgan fingerprint density at radius 3 is 2.17 bits per heavy atom. The van der Waals surface area contributed by atoms with E-state index in [-0.39, 0.29) is 43.4 Å². The number of amides is 3. The third kappa shape index (κ3) is 5.02. The van der Waals surface area contributed by atoms with E-state index in [1.165, 1.54) is 53.8 Å². The molecular formula is C29H20Br2Cl2N2O6S. The summed E-state index contributed by atoms with van der Waals surface area (Å²) in [6, 6.07) is 13.4. The number of carbonyl (C=O) groups excluding carboxylic acids is 5. The number of fused-ring (bicyclic) bond motifs is 5. The molecule has 2 heterocycles. The van der Waals surface area contributed by atoms with Crippen molar-refractivity contribution < 1.29 is 28.7 Å². The Kier molecular flexibility index (Phi) is 8.08. The van der Waals surface area contributed by atoms with Gasteiger partial charge in [-0.15, -0.1) is 11.3 Å². The van der Waals surface area contributed by atoms with E-state index in [9.17, 15) is 24.0 Å². The van der Waals surface area contributed by atoms with Crippen molar-refractivity contribution in [3.8, 4) is 5.75 Å². The number of esters is 1. The van der Waals surface area contributed by atoms with Gasteiger partial charge >= 0.3 is 5.97 Å². The molecule has 2 bridgehead atoms. The van der Waals surface area contributed by atoms with E-state index in [4.69, 9.17) is 27.9 Å². The number of imide groups is 1. The number of hydrazine groups is 1. The number of ketones is 1. The lowest BCUT2D eigenvalue weighted by atomic mass is 9.81. The average molecular weight is 755 g/mol. The van der Waals surface area contributed by atoms with Crippen LogP contribution in [0.4, 0.5) is 0 Å². The Morgan fingerprint density at radius 1 is 0.952 bits per heavy atom. The maximum absolute atomic E-state index is 13.9. The fraction of sp³-hybridized carbons (Fsp3) is 0.276. The van der Waals surface area contributed by atoms with Crippen molar-refractivity contribution in [2.75, 3.05) is 6.54 Å². The van der Waals surface area contributed by atoms with Gasteiger partial charge in [-0.25, -0.2) is 9.80 Å². The van der Waals surface area contributed by atoms with Crippen LogP contribution >= 0.6 is 66.4 Å². The summed E-state index contributed by atoms with van der Waals surface area (Å²) >= 11 is 20.9. The van der Waals surface area contributed by atoms with Crippen LogP contribution in [0, 0.1) is 23.7 Å². The molecule has 3 aromatic rings. The minimum Gasteiger partial charge on any atom is -0.422 e. The number of Topliss-reactive ketones (excluding diaryl/α,β-unsaturated/α-hetero) is 1. The first-order valence-corrected chi connectivity index (χ1v) is 16.3. The van der Waals surface area contributed by atoms with Gasteiger partial charge in [-0.05, 0) is 72.2 Å². The van der Waals surface area contributed by atoms with Crippen molar-refractivity contribution in [1.82, 2.24) is 10.0 Å². The summed E-state index contributed by atoms with van der Waals surface area (Å²) in [5.41, 5.74) is 0.174. The van der Waals surface area contributed by atoms with Gasteiger partial charge in [-0.2, -0.15) is 5.01 Å². The lowest BCUT2D eigenvalue weighted by Crippen LogP contribution is -2.52. The zero-order valence-electron chi connectivity index (χ0n) is 21.4. The van der Waals surface area contributed by atoms with E-state index in [0.29, 0.717) is 16.3 Å². The van der Waals surface area contributed by atoms with Gasteiger partial charge < -0.3 is 4.74 Å². The minimum atomic E-state index is -0.786. The zero-order valence-corrected chi connectivity index (χ0v) is 26.9. The van der Waals surface area contributed by atoms with Crippen LogP contribution in [0.1, 0.15) is 36.8 Å². The number of thiophene rings is 1. The molecule has 8 nitrogen and oxygen atoms in total. The van der Waals surface area contributed by atoms with Gasteiger partial charge in [-0.3, -0.25) is 19.2 Å². The third-order valence-electron chi connectivity index (χ3n) is 8.00. The van der Waals surface area contributed by atoms with E-state index >= 15 is 0 Å². The van der Waals surface area contributed by atoms with E-state index in [0.717, 1.165) is 10.0 Å². The van der Waals surface area contributed by atoms with E-state index < -0.39 is 47.9 Å². The maximum atomic E-state index is 13.9. The summed E-state index contributed by atoms with van der Waals surface area (Å²) in [7, 11) is 0. The lowest BCUT2D eigenvalue weighted by Gasteiger charge is -2.31. The Hall–Kier alpha value is -2.57. The van der Waals surface area contributed by atoms with Crippen molar-refractivity contribution in [1.29, 1.82) is 0 Å². The highest BCUT2D eigenvalue weighted by Crippen LogP contribution is 2.60. The van der Waals surface area contributed by atoms with Crippen LogP contribution in [0.15, 0.2) is 60.0 Å². The monoisotopic (exact) mass is 752 g/mol. The predicted molar refractivity (Wildman–Crippen MR) is 163 cm³/mol. The Morgan fingerprint density at radius 2 is 1.60 bits per heavy atom. The Balaban J connectivity index is 1.28. The van der Waals surface area contributed by atoms with Gasteiger partial charge in [0.15, 0.2) is 5.78 Å². The number of halogens is 4. The highest BCUT2D eigenvalue weighted by Gasteiger charge is 2.67. The molecule has 3 amide bonds. The van der Waals surface area contributed by atoms with E-state index in [2.05, 4.69) is 31.9 Å². The summed E-state index contributed by atoms with van der Waals surface area (Å²) in [5.74, 6) is -3.99. The molecular weight excluding hydrogens is 735 g/mol. The fourth-order valence-electron chi connectivity index (χ4n) is 6.09. The zero-order chi connectivity index (χ0) is 29.9. The van der Waals surface area contributed by atoms with Gasteiger partial charge in [0, 0.05) is 20.2 Å². The van der Waals surface area contributed by atoms with Gasteiger partial charge in [-0.1, -0.05) is 61.1 Å². The Bertz CT molecular complexity index is 1590. The first-order valence-electron chi connectivity index (χ1n) is 12.9. The number of carbonyl (C=O) groups is 5. The van der Waals surface area contributed by atoms with Crippen molar-refractivity contribution in [3.63, 3.8) is 0 Å². The minimum absolute atomic E-state index is 0.00405. The summed E-state index contributed by atoms with van der Waals surface area (Å²) in [6.07, 6.45) is 0.714. The van der Waals surface area contributed by atoms with Crippen LogP contribution in [0.5, 0.6) is 5.75 Å². The molecule has 0 radical (unpaired) electrons. The van der Waals surface area contributed by atoms with Gasteiger partial charge in [0.05, 0.1) is 22.4 Å². The predicted octanol–water partition coefficient (Wildman–Crippen LogP) is 6.29. The SMILES string of the molecule is O=C(CN(C(=O)c1ccc(Cl)cc1Cl)N1C(=O)[C@@H]2[C@H]3C[C@@H]([C@H](Br)[C@@H]3Br)[C@@H]2C1=O)c1ccc(OC(=O)c2cccs2)cc1. The van der Waals surface area contributed by atoms with Crippen LogP contribution in [0.25, 0.3) is 0 Å². The number of nitrogens with zero attached hydrogens (tertiary/aromatic N) is 2. The van der Waals surface area contributed by atoms with Crippen LogP contribution in [-0.2, 0) is 9.59 Å². The quantitative estimate of drug-likeness (QED) is 0.0925. The lowest BCUT2D eigenvalue weighted by molar-refractivity contribution is -0.154. The summed E-state index contributed by atoms with van der Waals surface area (Å²) in [4.78, 5) is 67.6. The second-order valence-corrected chi connectivity index (χ2v) is 14.2. The molecule has 6 atom stereocenters. The topological polar surface area (TPSA) is 101 Å². The number of hydrogen-bond donors (Lipinski definition) is 0. The molecule has 6 rings (SSSR count). The molecule has 2 aromatic carbocycles. The standard InChI is InChI=1S/C29H20Br2Cl2N2O6S/c30-24-17-11-18(25(24)31)23-22(17)27(38)35(28(23)39)34(26(37)16-8-5-14(32)10-19(16)33)12-20(36)13-3-6-15(7-4-13)41-29(40)21-2-1-9-42-21/h1-10,17-18,22-25H,11-12H2/t17-,18-,22-,23+,24-,25+/m1/s1. The first-order chi connectivity index (χ1) is 20.1. The van der Waals surface area contributed by atoms with Crippen molar-refractivity contribution in [2.45, 2.75) is 16.1 Å². The van der Waals surface area contributed by atoms with E-state index in [1.54, 1.807) is 17.5 Å². The van der Waals surface area contributed by atoms with Crippen LogP contribution < -0.4 is 4.74 Å². The van der Waals surface area contributed by atoms with Crippen LogP contribution in [-0.4, -0.2) is 55.7 Å². The van der Waals surface area contributed by atoms with Crippen LogP contribution in [0.2, 0.25) is 10.0 Å². The molecule has 0 spiro atoms. The molecule has 2 aliphatic carbocycles. The first kappa shape index (κ1) is 29.5. The van der Waals surface area contributed by atoms with Crippen molar-refractivity contribution in [2.24, 2.45) is 23.7 Å². The normalized spacial score (nSPS) is 26.0. The third-order valence-corrected chi connectivity index (χ3v) is 12.6. The van der Waals surface area contributed by atoms with Gasteiger partial charge in [0.25, 0.3) is 17.7 Å².